The van der Waals surface area contributed by atoms with E-state index in [1.54, 1.807) is 0 Å². The molecule has 0 rings (SSSR count). The first-order valence-electron chi connectivity index (χ1n) is 5.60. The first-order valence-corrected chi connectivity index (χ1v) is 5.60. The van der Waals surface area contributed by atoms with Crippen LogP contribution < -0.4 is 0 Å². The van der Waals surface area contributed by atoms with Crippen molar-refractivity contribution in [3.8, 4) is 0 Å². The van der Waals surface area contributed by atoms with Gasteiger partial charge >= 0.3 is 0 Å². The molecule has 0 saturated carbocycles. The van der Waals surface area contributed by atoms with Crippen molar-refractivity contribution in [3.05, 3.63) is 0 Å². The lowest BCUT2D eigenvalue weighted by Gasteiger charge is -2.22. The van der Waals surface area contributed by atoms with E-state index in [4.69, 9.17) is 0 Å². The van der Waals surface area contributed by atoms with Gasteiger partial charge in [-0.3, -0.25) is 4.90 Å². The first-order chi connectivity index (χ1) is 6.22. The predicted molar refractivity (Wildman–Crippen MR) is 57.7 cm³/mol. The van der Waals surface area contributed by atoms with Crippen LogP contribution in [0.3, 0.4) is 0 Å². The van der Waals surface area contributed by atoms with Crippen molar-refractivity contribution in [3.63, 3.8) is 0 Å². The molecule has 80 valence electrons. The highest BCUT2D eigenvalue weighted by Crippen LogP contribution is 2.07. The number of nitrogens with zero attached hydrogens (tertiary/aromatic N) is 1. The molecular formula is C11H25NO. The number of hydrogen-bond acceptors (Lipinski definition) is 2. The minimum absolute atomic E-state index is 0.225. The second-order valence-corrected chi connectivity index (χ2v) is 3.81. The Morgan fingerprint density at radius 3 is 2.31 bits per heavy atom. The molecule has 0 aromatic rings. The normalized spacial score (nSPS) is 13.6. The molecule has 1 unspecified atom stereocenters. The van der Waals surface area contributed by atoms with Gasteiger partial charge in [0.15, 0.2) is 0 Å². The van der Waals surface area contributed by atoms with Crippen molar-refractivity contribution in [2.24, 2.45) is 0 Å². The summed E-state index contributed by atoms with van der Waals surface area (Å²) in [6.45, 7) is 5.34. The third kappa shape index (κ3) is 7.03. The maximum atomic E-state index is 9.67. The predicted octanol–water partition coefficient (Wildman–Crippen LogP) is 2.62. The standard InChI is InChI=1S/C11H25NO/c1-4-6-7-8-9-11(13)12(3)10-5-2/h11,13H,4-10H2,1-3H3. The average molecular weight is 187 g/mol. The number of hydrogen-bond donors (Lipinski definition) is 1. The van der Waals surface area contributed by atoms with Crippen LogP contribution in [0.1, 0.15) is 52.4 Å². The van der Waals surface area contributed by atoms with Gasteiger partial charge in [-0.25, -0.2) is 0 Å². The van der Waals surface area contributed by atoms with Gasteiger partial charge in [-0.2, -0.15) is 0 Å². The van der Waals surface area contributed by atoms with Gasteiger partial charge in [0.1, 0.15) is 6.23 Å². The summed E-state index contributed by atoms with van der Waals surface area (Å²) in [5, 5.41) is 9.67. The fourth-order valence-electron chi connectivity index (χ4n) is 1.48. The summed E-state index contributed by atoms with van der Waals surface area (Å²) in [6.07, 6.45) is 6.79. The van der Waals surface area contributed by atoms with Crippen molar-refractivity contribution < 1.29 is 5.11 Å². The monoisotopic (exact) mass is 187 g/mol. The molecule has 0 spiro atoms. The Hall–Kier alpha value is -0.0800. The van der Waals surface area contributed by atoms with Gasteiger partial charge in [-0.15, -0.1) is 0 Å². The van der Waals surface area contributed by atoms with E-state index >= 15 is 0 Å². The molecule has 0 radical (unpaired) electrons. The van der Waals surface area contributed by atoms with Crippen molar-refractivity contribution in [1.82, 2.24) is 4.90 Å². The van der Waals surface area contributed by atoms with Crippen LogP contribution in [0, 0.1) is 0 Å². The van der Waals surface area contributed by atoms with Crippen LogP contribution in [-0.2, 0) is 0 Å². The van der Waals surface area contributed by atoms with Crippen molar-refractivity contribution in [2.45, 2.75) is 58.6 Å². The minimum Gasteiger partial charge on any atom is -0.378 e. The molecule has 0 aliphatic carbocycles. The summed E-state index contributed by atoms with van der Waals surface area (Å²) >= 11 is 0. The summed E-state index contributed by atoms with van der Waals surface area (Å²) < 4.78 is 0. The van der Waals surface area contributed by atoms with Gasteiger partial charge < -0.3 is 5.11 Å². The minimum atomic E-state index is -0.225. The largest absolute Gasteiger partial charge is 0.378 e. The zero-order valence-corrected chi connectivity index (χ0v) is 9.42. The Morgan fingerprint density at radius 1 is 1.08 bits per heavy atom. The van der Waals surface area contributed by atoms with Crippen LogP contribution in [0.5, 0.6) is 0 Å². The lowest BCUT2D eigenvalue weighted by molar-refractivity contribution is 0.0139. The molecule has 1 N–H and O–H groups in total. The van der Waals surface area contributed by atoms with Crippen LogP contribution in [0.4, 0.5) is 0 Å². The van der Waals surface area contributed by atoms with E-state index < -0.39 is 0 Å². The van der Waals surface area contributed by atoms with Gasteiger partial charge in [0.25, 0.3) is 0 Å². The van der Waals surface area contributed by atoms with Gasteiger partial charge in [-0.1, -0.05) is 33.1 Å². The van der Waals surface area contributed by atoms with Crippen LogP contribution in [0.2, 0.25) is 0 Å². The molecule has 2 heteroatoms. The second kappa shape index (κ2) is 8.52. The topological polar surface area (TPSA) is 23.5 Å². The molecule has 0 bridgehead atoms. The Kier molecular flexibility index (Phi) is 8.46. The summed E-state index contributed by atoms with van der Waals surface area (Å²) in [4.78, 5) is 2.03. The smallest absolute Gasteiger partial charge is 0.107 e. The SMILES string of the molecule is CCCCCCC(O)N(C)CCC. The maximum absolute atomic E-state index is 9.67. The molecule has 2 nitrogen and oxygen atoms in total. The molecule has 0 aliphatic rings. The van der Waals surface area contributed by atoms with Crippen LogP contribution in [0.15, 0.2) is 0 Å². The van der Waals surface area contributed by atoms with Crippen LogP contribution in [-0.4, -0.2) is 29.8 Å². The fourth-order valence-corrected chi connectivity index (χ4v) is 1.48. The zero-order chi connectivity index (χ0) is 10.1. The Morgan fingerprint density at radius 2 is 1.77 bits per heavy atom. The van der Waals surface area contributed by atoms with E-state index in [0.717, 1.165) is 25.8 Å². The zero-order valence-electron chi connectivity index (χ0n) is 9.42. The molecule has 0 heterocycles. The Labute approximate surface area is 82.9 Å². The second-order valence-electron chi connectivity index (χ2n) is 3.81. The Balaban J connectivity index is 3.32. The number of aliphatic hydroxyl groups is 1. The van der Waals surface area contributed by atoms with E-state index in [-0.39, 0.29) is 6.23 Å². The molecule has 0 aromatic carbocycles. The summed E-state index contributed by atoms with van der Waals surface area (Å²) in [5.74, 6) is 0. The van der Waals surface area contributed by atoms with Crippen LogP contribution in [0.25, 0.3) is 0 Å². The van der Waals surface area contributed by atoms with Crippen molar-refractivity contribution in [2.75, 3.05) is 13.6 Å². The molecule has 0 saturated heterocycles. The molecule has 0 fully saturated rings. The van der Waals surface area contributed by atoms with E-state index in [9.17, 15) is 5.11 Å². The van der Waals surface area contributed by atoms with Crippen molar-refractivity contribution in [1.29, 1.82) is 0 Å². The molecule has 1 atom stereocenters. The van der Waals surface area contributed by atoms with E-state index in [1.165, 1.54) is 19.3 Å². The third-order valence-corrected chi connectivity index (χ3v) is 2.40. The Bertz CT molecular complexity index is 106. The molecule has 0 aromatic heterocycles. The van der Waals surface area contributed by atoms with Gasteiger partial charge in [-0.05, 0) is 32.9 Å². The highest BCUT2D eigenvalue weighted by atomic mass is 16.3. The number of unbranched alkanes of at least 4 members (excludes halogenated alkanes) is 3. The van der Waals surface area contributed by atoms with E-state index in [0.29, 0.717) is 0 Å². The summed E-state index contributed by atoms with van der Waals surface area (Å²) in [6, 6.07) is 0. The average Bonchev–Trinajstić information content (AvgIpc) is 2.12. The quantitative estimate of drug-likeness (QED) is 0.466. The molecule has 0 aliphatic heterocycles. The number of aliphatic hydroxyl groups excluding tert-OH is 1. The maximum Gasteiger partial charge on any atom is 0.107 e. The molecule has 13 heavy (non-hydrogen) atoms. The first kappa shape index (κ1) is 12.9. The molecule has 0 amide bonds. The lowest BCUT2D eigenvalue weighted by atomic mass is 10.1. The number of rotatable bonds is 8. The van der Waals surface area contributed by atoms with Gasteiger partial charge in [0.05, 0.1) is 0 Å². The van der Waals surface area contributed by atoms with Gasteiger partial charge in [0.2, 0.25) is 0 Å². The summed E-state index contributed by atoms with van der Waals surface area (Å²) in [7, 11) is 1.99. The fraction of sp³-hybridized carbons (Fsp3) is 1.00. The van der Waals surface area contributed by atoms with Gasteiger partial charge in [0, 0.05) is 0 Å². The highest BCUT2D eigenvalue weighted by molar-refractivity contribution is 4.56. The van der Waals surface area contributed by atoms with E-state index in [2.05, 4.69) is 13.8 Å². The summed E-state index contributed by atoms with van der Waals surface area (Å²) in [5.41, 5.74) is 0. The van der Waals surface area contributed by atoms with E-state index in [1.807, 2.05) is 11.9 Å². The third-order valence-electron chi connectivity index (χ3n) is 2.40. The highest BCUT2D eigenvalue weighted by Gasteiger charge is 2.08. The lowest BCUT2D eigenvalue weighted by Crippen LogP contribution is -2.31. The van der Waals surface area contributed by atoms with Crippen LogP contribution >= 0.6 is 0 Å². The van der Waals surface area contributed by atoms with Crippen molar-refractivity contribution >= 4 is 0 Å². The molecular weight excluding hydrogens is 162 g/mol.